The van der Waals surface area contributed by atoms with E-state index in [1.54, 1.807) is 0 Å². The maximum atomic E-state index is 12.0. The number of hydrogen-bond acceptors (Lipinski definition) is 3. The number of aromatic nitrogens is 2. The molecule has 1 aliphatic carbocycles. The van der Waals surface area contributed by atoms with Crippen LogP contribution in [0.5, 0.6) is 0 Å². The fourth-order valence-corrected chi connectivity index (χ4v) is 2.75. The van der Waals surface area contributed by atoms with Gasteiger partial charge in [0.2, 0.25) is 5.91 Å². The zero-order valence-corrected chi connectivity index (χ0v) is 12.7. The van der Waals surface area contributed by atoms with Crippen molar-refractivity contribution in [2.75, 3.05) is 0 Å². The van der Waals surface area contributed by atoms with Crippen molar-refractivity contribution in [3.05, 3.63) is 26.6 Å². The Morgan fingerprint density at radius 3 is 2.85 bits per heavy atom. The van der Waals surface area contributed by atoms with Crippen LogP contribution < -0.4 is 10.9 Å². The van der Waals surface area contributed by atoms with Crippen molar-refractivity contribution in [3.63, 3.8) is 0 Å². The average molecular weight is 318 g/mol. The molecule has 0 unspecified atom stereocenters. The zero-order chi connectivity index (χ0) is 14.7. The summed E-state index contributed by atoms with van der Waals surface area (Å²) in [6, 6.07) is 0.176. The molecule has 1 fully saturated rings. The smallest absolute Gasteiger partial charge is 0.287 e. The molecular formula is C13H17Cl2N3O2. The van der Waals surface area contributed by atoms with Crippen LogP contribution in [0.15, 0.2) is 11.0 Å². The molecule has 2 atom stereocenters. The molecule has 0 spiro atoms. The Hall–Kier alpha value is -1.07. The van der Waals surface area contributed by atoms with E-state index >= 15 is 0 Å². The quantitative estimate of drug-likeness (QED) is 0.929. The van der Waals surface area contributed by atoms with Crippen LogP contribution in [0.2, 0.25) is 10.0 Å². The van der Waals surface area contributed by atoms with Gasteiger partial charge in [-0.15, -0.1) is 0 Å². The van der Waals surface area contributed by atoms with Crippen molar-refractivity contribution in [2.45, 2.75) is 45.2 Å². The molecule has 0 aromatic carbocycles. The van der Waals surface area contributed by atoms with Crippen LogP contribution in [-0.4, -0.2) is 21.7 Å². The van der Waals surface area contributed by atoms with Crippen LogP contribution in [0.25, 0.3) is 0 Å². The molecule has 5 nitrogen and oxygen atoms in total. The number of carbonyl (C=O) groups is 1. The Balaban J connectivity index is 2.01. The van der Waals surface area contributed by atoms with Gasteiger partial charge in [0.1, 0.15) is 11.6 Å². The van der Waals surface area contributed by atoms with Gasteiger partial charge in [-0.1, -0.05) is 43.0 Å². The van der Waals surface area contributed by atoms with Crippen molar-refractivity contribution < 1.29 is 4.79 Å². The molecular weight excluding hydrogens is 301 g/mol. The number of halogens is 2. The molecule has 1 aromatic heterocycles. The molecule has 1 amide bonds. The monoisotopic (exact) mass is 317 g/mol. The summed E-state index contributed by atoms with van der Waals surface area (Å²) >= 11 is 11.4. The predicted molar refractivity (Wildman–Crippen MR) is 78.1 cm³/mol. The molecule has 1 heterocycles. The van der Waals surface area contributed by atoms with Gasteiger partial charge in [0.25, 0.3) is 5.56 Å². The molecule has 110 valence electrons. The van der Waals surface area contributed by atoms with Crippen molar-refractivity contribution >= 4 is 29.1 Å². The van der Waals surface area contributed by atoms with E-state index in [0.29, 0.717) is 5.92 Å². The molecule has 1 saturated carbocycles. The van der Waals surface area contributed by atoms with Gasteiger partial charge in [0.05, 0.1) is 11.2 Å². The third-order valence-corrected chi connectivity index (χ3v) is 4.44. The topological polar surface area (TPSA) is 64.0 Å². The first-order valence-corrected chi connectivity index (χ1v) is 7.45. The van der Waals surface area contributed by atoms with Crippen molar-refractivity contribution in [3.8, 4) is 0 Å². The van der Waals surface area contributed by atoms with E-state index < -0.39 is 5.56 Å². The highest BCUT2D eigenvalue weighted by Crippen LogP contribution is 2.23. The van der Waals surface area contributed by atoms with E-state index in [1.807, 2.05) is 0 Å². The molecule has 0 aliphatic heterocycles. The van der Waals surface area contributed by atoms with E-state index in [4.69, 9.17) is 23.2 Å². The van der Waals surface area contributed by atoms with Crippen LogP contribution >= 0.6 is 23.2 Å². The minimum atomic E-state index is -0.550. The highest BCUT2D eigenvalue weighted by Gasteiger charge is 2.23. The summed E-state index contributed by atoms with van der Waals surface area (Å²) < 4.78 is 1.02. The highest BCUT2D eigenvalue weighted by molar-refractivity contribution is 6.41. The molecule has 1 aliphatic rings. The average Bonchev–Trinajstić information content (AvgIpc) is 2.42. The largest absolute Gasteiger partial charge is 0.351 e. The first-order valence-electron chi connectivity index (χ1n) is 6.69. The maximum absolute atomic E-state index is 12.0. The molecule has 7 heteroatoms. The SMILES string of the molecule is C[C@H]1CCCC[C@H]1NC(=O)Cn1ncc(Cl)c(Cl)c1=O. The van der Waals surface area contributed by atoms with Gasteiger partial charge in [-0.3, -0.25) is 9.59 Å². The number of amides is 1. The van der Waals surface area contributed by atoms with E-state index in [0.717, 1.165) is 23.9 Å². The van der Waals surface area contributed by atoms with Crippen LogP contribution in [0.1, 0.15) is 32.6 Å². The number of hydrogen-bond donors (Lipinski definition) is 1. The second kappa shape index (κ2) is 6.59. The summed E-state index contributed by atoms with van der Waals surface area (Å²) in [6.45, 7) is 1.99. The third kappa shape index (κ3) is 3.52. The number of nitrogens with zero attached hydrogens (tertiary/aromatic N) is 2. The van der Waals surface area contributed by atoms with Gasteiger partial charge in [-0.05, 0) is 18.8 Å². The van der Waals surface area contributed by atoms with Crippen molar-refractivity contribution in [1.82, 2.24) is 15.1 Å². The summed E-state index contributed by atoms with van der Waals surface area (Å²) in [7, 11) is 0. The molecule has 0 saturated heterocycles. The standard InChI is InChI=1S/C13H17Cl2N3O2/c1-8-4-2-3-5-10(8)17-11(19)7-18-13(20)12(15)9(14)6-16-18/h6,8,10H,2-5,7H2,1H3,(H,17,19)/t8-,10+/m0/s1. The first-order chi connectivity index (χ1) is 9.49. The lowest BCUT2D eigenvalue weighted by Crippen LogP contribution is -2.43. The summed E-state index contributed by atoms with van der Waals surface area (Å²) in [4.78, 5) is 23.8. The normalized spacial score (nSPS) is 22.6. The third-order valence-electron chi connectivity index (χ3n) is 3.69. The fraction of sp³-hybridized carbons (Fsp3) is 0.615. The summed E-state index contributed by atoms with van der Waals surface area (Å²) in [5, 5.41) is 6.76. The molecule has 0 bridgehead atoms. The van der Waals surface area contributed by atoms with Gasteiger partial charge in [0.15, 0.2) is 0 Å². The van der Waals surface area contributed by atoms with Crippen molar-refractivity contribution in [1.29, 1.82) is 0 Å². The maximum Gasteiger partial charge on any atom is 0.287 e. The summed E-state index contributed by atoms with van der Waals surface area (Å²) in [6.07, 6.45) is 5.70. The molecule has 1 N–H and O–H groups in total. The number of rotatable bonds is 3. The van der Waals surface area contributed by atoms with Gasteiger partial charge in [0, 0.05) is 6.04 Å². The lowest BCUT2D eigenvalue weighted by atomic mass is 9.86. The summed E-state index contributed by atoms with van der Waals surface area (Å²) in [5.41, 5.74) is -0.550. The summed E-state index contributed by atoms with van der Waals surface area (Å²) in [5.74, 6) is 0.239. The minimum absolute atomic E-state index is 0.0919. The fourth-order valence-electron chi connectivity index (χ4n) is 2.48. The van der Waals surface area contributed by atoms with Crippen molar-refractivity contribution in [2.24, 2.45) is 5.92 Å². The van der Waals surface area contributed by atoms with E-state index in [2.05, 4.69) is 17.3 Å². The Morgan fingerprint density at radius 1 is 1.45 bits per heavy atom. The van der Waals surface area contributed by atoms with Crippen LogP contribution in [0.3, 0.4) is 0 Å². The van der Waals surface area contributed by atoms with E-state index in [-0.39, 0.29) is 28.5 Å². The van der Waals surface area contributed by atoms with Gasteiger partial charge < -0.3 is 5.32 Å². The Morgan fingerprint density at radius 2 is 2.15 bits per heavy atom. The molecule has 0 radical (unpaired) electrons. The van der Waals surface area contributed by atoms with E-state index in [9.17, 15) is 9.59 Å². The number of carbonyl (C=O) groups excluding carboxylic acids is 1. The zero-order valence-electron chi connectivity index (χ0n) is 11.2. The molecule has 2 rings (SSSR count). The second-order valence-electron chi connectivity index (χ2n) is 5.21. The van der Waals surface area contributed by atoms with Gasteiger partial charge >= 0.3 is 0 Å². The van der Waals surface area contributed by atoms with E-state index in [1.165, 1.54) is 12.6 Å². The van der Waals surface area contributed by atoms with Crippen LogP contribution in [0.4, 0.5) is 0 Å². The predicted octanol–water partition coefficient (Wildman–Crippen LogP) is 2.25. The first kappa shape index (κ1) is 15.3. The lowest BCUT2D eigenvalue weighted by molar-refractivity contribution is -0.123. The van der Waals surface area contributed by atoms with Gasteiger partial charge in [-0.2, -0.15) is 5.10 Å². The van der Waals surface area contributed by atoms with Crippen LogP contribution in [0, 0.1) is 5.92 Å². The molecule has 20 heavy (non-hydrogen) atoms. The Labute approximate surface area is 127 Å². The molecule has 1 aromatic rings. The Kier molecular flexibility index (Phi) is 5.05. The van der Waals surface area contributed by atoms with Gasteiger partial charge in [-0.25, -0.2) is 4.68 Å². The Bertz CT molecular complexity index is 559. The minimum Gasteiger partial charge on any atom is -0.351 e. The van der Waals surface area contributed by atoms with Crippen LogP contribution in [-0.2, 0) is 11.3 Å². The highest BCUT2D eigenvalue weighted by atomic mass is 35.5. The number of nitrogens with one attached hydrogen (secondary N) is 1. The lowest BCUT2D eigenvalue weighted by Gasteiger charge is -2.29. The second-order valence-corrected chi connectivity index (χ2v) is 5.99.